The number of fused-ring (bicyclic) bond motifs is 1. The monoisotopic (exact) mass is 308 g/mol. The molecule has 1 aromatic carbocycles. The maximum absolute atomic E-state index is 9.99. The number of phenolic OH excluding ortho intramolecular Hbond substituents is 1. The predicted molar refractivity (Wildman–Crippen MR) is 82.5 cm³/mol. The number of benzene rings is 1. The maximum atomic E-state index is 9.99. The summed E-state index contributed by atoms with van der Waals surface area (Å²) in [7, 11) is 0. The second-order valence-corrected chi connectivity index (χ2v) is 5.89. The highest BCUT2D eigenvalue weighted by Gasteiger charge is 2.31. The fraction of sp³-hybridized carbons (Fsp3) is 0.529. The van der Waals surface area contributed by atoms with E-state index < -0.39 is 12.2 Å². The summed E-state index contributed by atoms with van der Waals surface area (Å²) in [6.45, 7) is 3.71. The molecule has 1 aromatic rings. The SMILES string of the molecule is CC(=CCc1ccc(O)c2c1C(CC(O)C(C)O)OC2)CO. The van der Waals surface area contributed by atoms with Gasteiger partial charge >= 0.3 is 0 Å². The van der Waals surface area contributed by atoms with Gasteiger partial charge in [-0.3, -0.25) is 0 Å². The van der Waals surface area contributed by atoms with Gasteiger partial charge in [0.05, 0.1) is 31.5 Å². The number of allylic oxidation sites excluding steroid dienone is 1. The topological polar surface area (TPSA) is 90.2 Å². The third-order valence-electron chi connectivity index (χ3n) is 4.11. The third-order valence-corrected chi connectivity index (χ3v) is 4.11. The second kappa shape index (κ2) is 7.24. The molecule has 0 aromatic heterocycles. The first-order chi connectivity index (χ1) is 10.4. The minimum atomic E-state index is -0.874. The van der Waals surface area contributed by atoms with Crippen LogP contribution < -0.4 is 0 Å². The molecule has 4 N–H and O–H groups in total. The molecule has 0 spiro atoms. The van der Waals surface area contributed by atoms with E-state index in [1.54, 1.807) is 6.07 Å². The Kier molecular flexibility index (Phi) is 5.58. The van der Waals surface area contributed by atoms with E-state index in [2.05, 4.69) is 0 Å². The molecule has 0 amide bonds. The minimum Gasteiger partial charge on any atom is -0.508 e. The van der Waals surface area contributed by atoms with Gasteiger partial charge in [0.1, 0.15) is 5.75 Å². The summed E-state index contributed by atoms with van der Waals surface area (Å²) in [5.41, 5.74) is 3.51. The first-order valence-electron chi connectivity index (χ1n) is 7.51. The van der Waals surface area contributed by atoms with Gasteiger partial charge in [-0.25, -0.2) is 0 Å². The van der Waals surface area contributed by atoms with Crippen molar-refractivity contribution in [2.45, 2.75) is 51.6 Å². The lowest BCUT2D eigenvalue weighted by Crippen LogP contribution is -2.25. The molecule has 0 aliphatic carbocycles. The van der Waals surface area contributed by atoms with E-state index in [0.717, 1.165) is 22.3 Å². The van der Waals surface area contributed by atoms with Gasteiger partial charge in [-0.15, -0.1) is 0 Å². The van der Waals surface area contributed by atoms with Crippen molar-refractivity contribution in [1.82, 2.24) is 0 Å². The average Bonchev–Trinajstić information content (AvgIpc) is 2.91. The zero-order chi connectivity index (χ0) is 16.3. The summed E-state index contributed by atoms with van der Waals surface area (Å²) in [6, 6.07) is 3.48. The molecule has 1 aliphatic rings. The minimum absolute atomic E-state index is 0.0148. The van der Waals surface area contributed by atoms with Gasteiger partial charge in [-0.2, -0.15) is 0 Å². The highest BCUT2D eigenvalue weighted by atomic mass is 16.5. The number of aromatic hydroxyl groups is 1. The third kappa shape index (κ3) is 3.67. The van der Waals surface area contributed by atoms with Crippen LogP contribution in [-0.4, -0.2) is 39.2 Å². The van der Waals surface area contributed by atoms with Crippen molar-refractivity contribution in [2.24, 2.45) is 0 Å². The second-order valence-electron chi connectivity index (χ2n) is 5.89. The molecule has 0 fully saturated rings. The van der Waals surface area contributed by atoms with E-state index in [1.165, 1.54) is 6.92 Å². The van der Waals surface area contributed by atoms with Crippen LogP contribution >= 0.6 is 0 Å². The Labute approximate surface area is 130 Å². The Morgan fingerprint density at radius 2 is 2.14 bits per heavy atom. The molecule has 122 valence electrons. The summed E-state index contributed by atoms with van der Waals surface area (Å²) < 4.78 is 5.70. The lowest BCUT2D eigenvalue weighted by molar-refractivity contribution is -0.0242. The number of rotatable bonds is 6. The first-order valence-corrected chi connectivity index (χ1v) is 7.51. The molecule has 0 saturated carbocycles. The van der Waals surface area contributed by atoms with Gasteiger partial charge in [0.2, 0.25) is 0 Å². The van der Waals surface area contributed by atoms with Crippen LogP contribution in [0, 0.1) is 0 Å². The fourth-order valence-electron chi connectivity index (χ4n) is 2.65. The Balaban J connectivity index is 2.29. The average molecular weight is 308 g/mol. The van der Waals surface area contributed by atoms with Crippen LogP contribution in [0.25, 0.3) is 0 Å². The molecule has 1 heterocycles. The van der Waals surface area contributed by atoms with E-state index >= 15 is 0 Å². The van der Waals surface area contributed by atoms with Crippen molar-refractivity contribution >= 4 is 0 Å². The molecule has 0 radical (unpaired) electrons. The lowest BCUT2D eigenvalue weighted by atomic mass is 9.92. The zero-order valence-electron chi connectivity index (χ0n) is 13.0. The maximum Gasteiger partial charge on any atom is 0.121 e. The molecular weight excluding hydrogens is 284 g/mol. The van der Waals surface area contributed by atoms with Gasteiger partial charge in [0, 0.05) is 12.0 Å². The highest BCUT2D eigenvalue weighted by Crippen LogP contribution is 2.41. The van der Waals surface area contributed by atoms with Crippen LogP contribution in [0.1, 0.15) is 43.1 Å². The quantitative estimate of drug-likeness (QED) is 0.599. The van der Waals surface area contributed by atoms with Crippen LogP contribution in [0.2, 0.25) is 0 Å². The van der Waals surface area contributed by atoms with Gasteiger partial charge in [0.15, 0.2) is 0 Å². The number of hydrogen-bond donors (Lipinski definition) is 4. The zero-order valence-corrected chi connectivity index (χ0v) is 13.0. The van der Waals surface area contributed by atoms with E-state index in [0.29, 0.717) is 13.0 Å². The fourth-order valence-corrected chi connectivity index (χ4v) is 2.65. The van der Waals surface area contributed by atoms with Crippen LogP contribution in [0.15, 0.2) is 23.8 Å². The van der Waals surface area contributed by atoms with Crippen molar-refractivity contribution in [3.8, 4) is 5.75 Å². The molecule has 22 heavy (non-hydrogen) atoms. The Hall–Kier alpha value is -1.40. The summed E-state index contributed by atoms with van der Waals surface area (Å²) >= 11 is 0. The number of hydrogen-bond acceptors (Lipinski definition) is 5. The molecular formula is C17H24O5. The molecule has 5 heteroatoms. The Morgan fingerprint density at radius 1 is 1.41 bits per heavy atom. The van der Waals surface area contributed by atoms with E-state index in [9.17, 15) is 15.3 Å². The largest absolute Gasteiger partial charge is 0.508 e. The predicted octanol–water partition coefficient (Wildman–Crippen LogP) is 1.58. The van der Waals surface area contributed by atoms with Crippen molar-refractivity contribution in [3.63, 3.8) is 0 Å². The van der Waals surface area contributed by atoms with Crippen molar-refractivity contribution < 1.29 is 25.2 Å². The standard InChI is InChI=1S/C17H24O5/c1-10(8-18)3-4-12-5-6-14(20)13-9-22-16(17(12)13)7-15(21)11(2)19/h3,5-6,11,15-16,18-21H,4,7-9H2,1-2H3. The van der Waals surface area contributed by atoms with E-state index in [1.807, 2.05) is 19.1 Å². The number of aliphatic hydroxyl groups excluding tert-OH is 3. The molecule has 0 bridgehead atoms. The molecule has 3 atom stereocenters. The van der Waals surface area contributed by atoms with Gasteiger partial charge < -0.3 is 25.2 Å². The van der Waals surface area contributed by atoms with Crippen LogP contribution in [0.5, 0.6) is 5.75 Å². The highest BCUT2D eigenvalue weighted by molar-refractivity contribution is 5.48. The Morgan fingerprint density at radius 3 is 2.77 bits per heavy atom. The smallest absolute Gasteiger partial charge is 0.121 e. The summed E-state index contributed by atoms with van der Waals surface area (Å²) in [5, 5.41) is 38.4. The molecule has 3 unspecified atom stereocenters. The first kappa shape index (κ1) is 17.0. The number of ether oxygens (including phenoxy) is 1. The molecule has 2 rings (SSSR count). The molecule has 0 saturated heterocycles. The molecule has 1 aliphatic heterocycles. The summed E-state index contributed by atoms with van der Waals surface area (Å²) in [4.78, 5) is 0. The number of phenols is 1. The normalized spacial score (nSPS) is 20.8. The Bertz CT molecular complexity index is 550. The van der Waals surface area contributed by atoms with E-state index in [-0.39, 0.29) is 24.9 Å². The van der Waals surface area contributed by atoms with E-state index in [4.69, 9.17) is 9.84 Å². The van der Waals surface area contributed by atoms with Crippen LogP contribution in [0.3, 0.4) is 0 Å². The van der Waals surface area contributed by atoms with Crippen molar-refractivity contribution in [3.05, 3.63) is 40.5 Å². The van der Waals surface area contributed by atoms with Gasteiger partial charge in [-0.05, 0) is 37.5 Å². The van der Waals surface area contributed by atoms with Crippen molar-refractivity contribution in [1.29, 1.82) is 0 Å². The van der Waals surface area contributed by atoms with Crippen LogP contribution in [-0.2, 0) is 17.8 Å². The van der Waals surface area contributed by atoms with Crippen molar-refractivity contribution in [2.75, 3.05) is 6.61 Å². The summed E-state index contributed by atoms with van der Waals surface area (Å²) in [6.07, 6.45) is 0.798. The lowest BCUT2D eigenvalue weighted by Gasteiger charge is -2.20. The van der Waals surface area contributed by atoms with Crippen LogP contribution in [0.4, 0.5) is 0 Å². The number of aliphatic hydroxyl groups is 3. The van der Waals surface area contributed by atoms with Gasteiger partial charge in [0.25, 0.3) is 0 Å². The summed E-state index contributed by atoms with van der Waals surface area (Å²) in [5.74, 6) is 0.190. The molecule has 5 nitrogen and oxygen atoms in total. The van der Waals surface area contributed by atoms with Gasteiger partial charge in [-0.1, -0.05) is 17.7 Å².